The van der Waals surface area contributed by atoms with Crippen molar-refractivity contribution >= 4 is 40.8 Å². The Balaban J connectivity index is 2.14. The summed E-state index contributed by atoms with van der Waals surface area (Å²) in [5.41, 5.74) is 2.39. The molecule has 2 rings (SSSR count). The van der Waals surface area contributed by atoms with Crippen LogP contribution in [0.3, 0.4) is 0 Å². The van der Waals surface area contributed by atoms with Crippen molar-refractivity contribution in [3.8, 4) is 0 Å². The van der Waals surface area contributed by atoms with Gasteiger partial charge in [-0.1, -0.05) is 12.1 Å². The lowest BCUT2D eigenvalue weighted by molar-refractivity contribution is -0.671. The quantitative estimate of drug-likeness (QED) is 0.323. The number of esters is 1. The molecule has 1 atom stereocenters. The maximum Gasteiger partial charge on any atom is 0.328 e. The van der Waals surface area contributed by atoms with Crippen molar-refractivity contribution in [1.82, 2.24) is 5.32 Å². The summed E-state index contributed by atoms with van der Waals surface area (Å²) in [6.45, 7) is 3.38. The molecule has 1 amide bonds. The molecule has 8 heteroatoms. The highest BCUT2D eigenvalue weighted by Gasteiger charge is 2.24. The molecule has 0 saturated heterocycles. The van der Waals surface area contributed by atoms with E-state index >= 15 is 0 Å². The van der Waals surface area contributed by atoms with Crippen LogP contribution in [0, 0.1) is 0 Å². The number of hydrogen-bond donors (Lipinski definition) is 1. The maximum absolute atomic E-state index is 12.6. The maximum atomic E-state index is 12.6. The van der Waals surface area contributed by atoms with Crippen LogP contribution in [0.15, 0.2) is 48.8 Å². The van der Waals surface area contributed by atoms with E-state index in [1.165, 1.54) is 0 Å². The first-order valence-electron chi connectivity index (χ1n) is 9.87. The van der Waals surface area contributed by atoms with Crippen LogP contribution < -0.4 is 14.8 Å². The van der Waals surface area contributed by atoms with E-state index < -0.39 is 12.0 Å². The standard InChI is InChI=1S/C22H27Cl2N3O3/c1-3-30-22(29)20(25-21(28)18-5-4-12-26(2)16-18)15-17-6-8-19(9-7-17)27(13-10-23)14-11-24/h4-9,12,16,20H,3,10-11,13-15H2,1-2H3/p+1. The number of benzene rings is 1. The van der Waals surface area contributed by atoms with E-state index in [4.69, 9.17) is 27.9 Å². The highest BCUT2D eigenvalue weighted by Crippen LogP contribution is 2.17. The Morgan fingerprint density at radius 3 is 2.37 bits per heavy atom. The Morgan fingerprint density at radius 2 is 1.80 bits per heavy atom. The van der Waals surface area contributed by atoms with Gasteiger partial charge in [0.2, 0.25) is 0 Å². The minimum atomic E-state index is -0.782. The number of ether oxygens (including phenoxy) is 1. The largest absolute Gasteiger partial charge is 0.464 e. The minimum absolute atomic E-state index is 0.246. The van der Waals surface area contributed by atoms with Crippen molar-refractivity contribution in [2.75, 3.05) is 36.4 Å². The number of hydrogen-bond acceptors (Lipinski definition) is 4. The highest BCUT2D eigenvalue weighted by molar-refractivity contribution is 6.18. The molecule has 0 saturated carbocycles. The second-order valence-electron chi connectivity index (χ2n) is 6.77. The number of nitrogens with one attached hydrogen (secondary N) is 1. The summed E-state index contributed by atoms with van der Waals surface area (Å²) in [4.78, 5) is 27.2. The summed E-state index contributed by atoms with van der Waals surface area (Å²) in [6, 6.07) is 10.5. The number of nitrogens with zero attached hydrogens (tertiary/aromatic N) is 2. The average Bonchev–Trinajstić information content (AvgIpc) is 2.74. The van der Waals surface area contributed by atoms with Gasteiger partial charge < -0.3 is 15.0 Å². The summed E-state index contributed by atoms with van der Waals surface area (Å²) >= 11 is 11.8. The van der Waals surface area contributed by atoms with Gasteiger partial charge in [0, 0.05) is 43.0 Å². The molecule has 0 fully saturated rings. The summed E-state index contributed by atoms with van der Waals surface area (Å²) in [7, 11) is 1.83. The van der Waals surface area contributed by atoms with Crippen molar-refractivity contribution in [3.63, 3.8) is 0 Å². The second kappa shape index (κ2) is 12.4. The Morgan fingerprint density at radius 1 is 1.13 bits per heavy atom. The lowest BCUT2D eigenvalue weighted by Gasteiger charge is -2.23. The van der Waals surface area contributed by atoms with Gasteiger partial charge in [0.1, 0.15) is 18.7 Å². The van der Waals surface area contributed by atoms with Crippen LogP contribution in [0.5, 0.6) is 0 Å². The zero-order valence-electron chi connectivity index (χ0n) is 17.3. The number of aromatic nitrogens is 1. The van der Waals surface area contributed by atoms with E-state index in [1.54, 1.807) is 29.8 Å². The van der Waals surface area contributed by atoms with Crippen molar-refractivity contribution in [2.45, 2.75) is 19.4 Å². The Kier molecular flexibility index (Phi) is 9.91. The Hall–Kier alpha value is -2.31. The third-order valence-corrected chi connectivity index (χ3v) is 4.87. The Labute approximate surface area is 187 Å². The fraction of sp³-hybridized carbons (Fsp3) is 0.409. The molecular weight excluding hydrogens is 425 g/mol. The van der Waals surface area contributed by atoms with Gasteiger partial charge in [-0.25, -0.2) is 9.36 Å². The molecule has 6 nitrogen and oxygen atoms in total. The highest BCUT2D eigenvalue weighted by atomic mass is 35.5. The van der Waals surface area contributed by atoms with Gasteiger partial charge in [0.15, 0.2) is 12.4 Å². The van der Waals surface area contributed by atoms with Crippen LogP contribution in [0.25, 0.3) is 0 Å². The molecule has 1 N–H and O–H groups in total. The molecule has 0 spiro atoms. The monoisotopic (exact) mass is 452 g/mol. The molecule has 0 aliphatic heterocycles. The van der Waals surface area contributed by atoms with Gasteiger partial charge in [-0.15, -0.1) is 23.2 Å². The number of aryl methyl sites for hydroxylation is 1. The van der Waals surface area contributed by atoms with E-state index in [-0.39, 0.29) is 12.5 Å². The number of carbonyl (C=O) groups is 2. The topological polar surface area (TPSA) is 62.5 Å². The molecule has 2 aromatic rings. The molecule has 1 unspecified atom stereocenters. The molecule has 1 aromatic heterocycles. The van der Waals surface area contributed by atoms with Crippen LogP contribution >= 0.6 is 23.2 Å². The second-order valence-corrected chi connectivity index (χ2v) is 7.53. The van der Waals surface area contributed by atoms with Gasteiger partial charge in [-0.05, 0) is 30.7 Å². The third-order valence-electron chi connectivity index (χ3n) is 4.53. The van der Waals surface area contributed by atoms with E-state index in [9.17, 15) is 9.59 Å². The van der Waals surface area contributed by atoms with Gasteiger partial charge in [0.05, 0.1) is 6.61 Å². The number of carbonyl (C=O) groups excluding carboxylic acids is 2. The number of alkyl halides is 2. The zero-order valence-corrected chi connectivity index (χ0v) is 18.8. The first-order valence-corrected chi connectivity index (χ1v) is 10.9. The predicted octanol–water partition coefficient (Wildman–Crippen LogP) is 2.70. The van der Waals surface area contributed by atoms with E-state index in [0.717, 1.165) is 11.3 Å². The number of anilines is 1. The predicted molar refractivity (Wildman–Crippen MR) is 119 cm³/mol. The summed E-state index contributed by atoms with van der Waals surface area (Å²) in [6.07, 6.45) is 3.86. The molecule has 1 aromatic carbocycles. The molecule has 162 valence electrons. The number of amides is 1. The number of halogens is 2. The first kappa shape index (κ1) is 24.0. The van der Waals surface area contributed by atoms with Crippen molar-refractivity contribution in [2.24, 2.45) is 7.05 Å². The van der Waals surface area contributed by atoms with Crippen LogP contribution in [-0.2, 0) is 23.0 Å². The summed E-state index contributed by atoms with van der Waals surface area (Å²) in [5, 5.41) is 2.80. The average molecular weight is 453 g/mol. The van der Waals surface area contributed by atoms with Crippen LogP contribution in [0.2, 0.25) is 0 Å². The van der Waals surface area contributed by atoms with Crippen LogP contribution in [0.1, 0.15) is 22.8 Å². The minimum Gasteiger partial charge on any atom is -0.464 e. The van der Waals surface area contributed by atoms with Gasteiger partial charge in [-0.3, -0.25) is 4.79 Å². The van der Waals surface area contributed by atoms with E-state index in [2.05, 4.69) is 10.2 Å². The summed E-state index contributed by atoms with van der Waals surface area (Å²) in [5.74, 6) is 0.233. The smallest absolute Gasteiger partial charge is 0.328 e. The van der Waals surface area contributed by atoms with Gasteiger partial charge in [-0.2, -0.15) is 0 Å². The summed E-state index contributed by atoms with van der Waals surface area (Å²) < 4.78 is 6.94. The van der Waals surface area contributed by atoms with Crippen molar-refractivity contribution < 1.29 is 18.9 Å². The Bertz CT molecular complexity index is 825. The lowest BCUT2D eigenvalue weighted by atomic mass is 10.0. The molecule has 0 aliphatic rings. The van der Waals surface area contributed by atoms with Crippen LogP contribution in [-0.4, -0.2) is 49.4 Å². The third kappa shape index (κ3) is 7.18. The SMILES string of the molecule is CCOC(=O)C(Cc1ccc(N(CCCl)CCCl)cc1)NC(=O)c1ccc[n+](C)c1. The molecule has 0 aliphatic carbocycles. The van der Waals surface area contributed by atoms with Gasteiger partial charge in [0.25, 0.3) is 5.91 Å². The van der Waals surface area contributed by atoms with Gasteiger partial charge >= 0.3 is 5.97 Å². The number of pyridine rings is 1. The number of rotatable bonds is 11. The molecule has 1 heterocycles. The van der Waals surface area contributed by atoms with Crippen molar-refractivity contribution in [3.05, 3.63) is 59.9 Å². The lowest BCUT2D eigenvalue weighted by Crippen LogP contribution is -2.44. The van der Waals surface area contributed by atoms with Crippen LogP contribution in [0.4, 0.5) is 5.69 Å². The molecule has 30 heavy (non-hydrogen) atoms. The first-order chi connectivity index (χ1) is 14.5. The molecule has 0 bridgehead atoms. The van der Waals surface area contributed by atoms with Crippen molar-refractivity contribution in [1.29, 1.82) is 0 Å². The van der Waals surface area contributed by atoms with E-state index in [0.29, 0.717) is 36.8 Å². The van der Waals surface area contributed by atoms with E-state index in [1.807, 2.05) is 37.5 Å². The molecular formula is C22H28Cl2N3O3+. The fourth-order valence-electron chi connectivity index (χ4n) is 3.05. The normalized spacial score (nSPS) is 11.6. The fourth-order valence-corrected chi connectivity index (χ4v) is 3.46. The molecule has 0 radical (unpaired) electrons. The zero-order chi connectivity index (χ0) is 21.9.